The first-order valence-corrected chi connectivity index (χ1v) is 15.8. The molecule has 0 saturated carbocycles. The number of ether oxygens (including phenoxy) is 3. The highest BCUT2D eigenvalue weighted by Gasteiger charge is 2.30. The van der Waals surface area contributed by atoms with Crippen LogP contribution in [-0.2, 0) is 38.2 Å². The summed E-state index contributed by atoms with van der Waals surface area (Å²) >= 11 is 0. The Morgan fingerprint density at radius 2 is 0.933 bits per heavy atom. The Labute approximate surface area is 267 Å². The molecule has 0 radical (unpaired) electrons. The van der Waals surface area contributed by atoms with Crippen LogP contribution < -0.4 is 37.4 Å². The molecule has 1 unspecified atom stereocenters. The molecule has 0 heterocycles. The molecule has 262 valence electrons. The van der Waals surface area contributed by atoms with Gasteiger partial charge in [-0.05, 0) is 39.3 Å². The lowest BCUT2D eigenvalue weighted by molar-refractivity contribution is -0.123. The molecule has 1 atom stereocenters. The topological polar surface area (TPSA) is 220 Å². The molecule has 0 bridgehead atoms. The second-order valence-electron chi connectivity index (χ2n) is 10.5. The lowest BCUT2D eigenvalue weighted by Gasteiger charge is -2.33. The van der Waals surface area contributed by atoms with Gasteiger partial charge in [0.15, 0.2) is 0 Å². The largest absolute Gasteiger partial charge is 0.788 e. The first kappa shape index (κ1) is 42.1. The summed E-state index contributed by atoms with van der Waals surface area (Å²) in [6.45, 7) is 6.79. The molecule has 16 nitrogen and oxygen atoms in total. The van der Waals surface area contributed by atoms with Gasteiger partial charge in [-0.3, -0.25) is 24.0 Å². The van der Waals surface area contributed by atoms with E-state index >= 15 is 0 Å². The van der Waals surface area contributed by atoms with Gasteiger partial charge in [-0.15, -0.1) is 0 Å². The van der Waals surface area contributed by atoms with Crippen LogP contribution >= 0.6 is 0 Å². The van der Waals surface area contributed by atoms with Crippen molar-refractivity contribution in [2.75, 3.05) is 86.0 Å². The Balaban J connectivity index is 4.62. The van der Waals surface area contributed by atoms with E-state index < -0.39 is 5.54 Å². The number of carbonyl (C=O) groups excluding carboxylic acids is 5. The predicted molar refractivity (Wildman–Crippen MR) is 169 cm³/mol. The van der Waals surface area contributed by atoms with E-state index in [1.807, 2.05) is 6.92 Å². The van der Waals surface area contributed by atoms with Crippen LogP contribution in [0.2, 0.25) is 0 Å². The van der Waals surface area contributed by atoms with Gasteiger partial charge in [-0.2, -0.15) is 0 Å². The zero-order valence-corrected chi connectivity index (χ0v) is 27.3. The maximum Gasteiger partial charge on any atom is 0.222 e. The van der Waals surface area contributed by atoms with Crippen molar-refractivity contribution in [2.45, 2.75) is 70.8 Å². The van der Waals surface area contributed by atoms with Gasteiger partial charge in [-0.25, -0.2) is 0 Å². The van der Waals surface area contributed by atoms with Crippen LogP contribution in [0.25, 0.3) is 0 Å². The zero-order valence-electron chi connectivity index (χ0n) is 27.3. The number of amides is 5. The minimum Gasteiger partial charge on any atom is -0.788 e. The van der Waals surface area contributed by atoms with E-state index in [9.17, 15) is 29.2 Å². The van der Waals surface area contributed by atoms with Gasteiger partial charge in [0.2, 0.25) is 29.5 Å². The third-order valence-electron chi connectivity index (χ3n) is 6.39. The van der Waals surface area contributed by atoms with Crippen LogP contribution in [0.4, 0.5) is 0 Å². The molecule has 0 aliphatic carbocycles. The fraction of sp³-hybridized carbons (Fsp3) is 0.828. The van der Waals surface area contributed by atoms with Crippen LogP contribution in [-0.4, -0.2) is 121 Å². The number of carbonyl (C=O) groups is 5. The molecular weight excluding hydrogens is 590 g/mol. The number of hydrogen-bond acceptors (Lipinski definition) is 11. The standard InChI is InChI=1S/C29H56N7O9/c1-4-8-25(38)32-14-6-15-34-27(40)10-19-44-22-29(30-3,23-45-20-11-28(41)35-16-7-17-36-42)21-43-18-9-26(39)33-13-5-12-31-24(2)37/h30,36H,4-23H2,1-3H3,(H,31,37)(H,32,38)(H,33,39)(H,34,40)(H,35,41)/q-1. The summed E-state index contributed by atoms with van der Waals surface area (Å²) in [6, 6.07) is 0. The molecule has 0 rings (SSSR count). The van der Waals surface area contributed by atoms with Gasteiger partial charge in [0.1, 0.15) is 0 Å². The highest BCUT2D eigenvalue weighted by molar-refractivity contribution is 5.77. The van der Waals surface area contributed by atoms with Gasteiger partial charge in [0.25, 0.3) is 0 Å². The molecular formula is C29H56N7O9-. The molecule has 0 fully saturated rings. The van der Waals surface area contributed by atoms with Gasteiger partial charge >= 0.3 is 0 Å². The van der Waals surface area contributed by atoms with Crippen molar-refractivity contribution in [1.29, 1.82) is 0 Å². The molecule has 7 N–H and O–H groups in total. The summed E-state index contributed by atoms with van der Waals surface area (Å²) in [5.41, 5.74) is 0.975. The Morgan fingerprint density at radius 1 is 0.578 bits per heavy atom. The lowest BCUT2D eigenvalue weighted by atomic mass is 10.0. The van der Waals surface area contributed by atoms with Crippen molar-refractivity contribution in [3.8, 4) is 0 Å². The average Bonchev–Trinajstić information content (AvgIpc) is 3.01. The maximum absolute atomic E-state index is 12.2. The molecule has 0 saturated heterocycles. The third-order valence-corrected chi connectivity index (χ3v) is 6.39. The number of nitrogens with one attached hydrogen (secondary N) is 7. The van der Waals surface area contributed by atoms with Crippen LogP contribution in [0.5, 0.6) is 0 Å². The van der Waals surface area contributed by atoms with Gasteiger partial charge < -0.3 is 56.8 Å². The van der Waals surface area contributed by atoms with E-state index in [2.05, 4.69) is 31.9 Å². The van der Waals surface area contributed by atoms with Crippen molar-refractivity contribution in [3.63, 3.8) is 0 Å². The van der Waals surface area contributed by atoms with Crippen LogP contribution in [0.3, 0.4) is 0 Å². The van der Waals surface area contributed by atoms with Crippen LogP contribution in [0, 0.1) is 5.21 Å². The van der Waals surface area contributed by atoms with Crippen LogP contribution in [0.15, 0.2) is 0 Å². The quantitative estimate of drug-likeness (QED) is 0.0364. The van der Waals surface area contributed by atoms with E-state index in [4.69, 9.17) is 14.2 Å². The van der Waals surface area contributed by atoms with Crippen LogP contribution in [0.1, 0.15) is 65.2 Å². The van der Waals surface area contributed by atoms with E-state index in [1.165, 1.54) is 6.92 Å². The predicted octanol–water partition coefficient (Wildman–Crippen LogP) is -1.18. The highest BCUT2D eigenvalue weighted by atomic mass is 16.5. The fourth-order valence-electron chi connectivity index (χ4n) is 3.73. The van der Waals surface area contributed by atoms with Crippen molar-refractivity contribution in [1.82, 2.24) is 37.4 Å². The lowest BCUT2D eigenvalue weighted by Crippen LogP contribution is -2.55. The van der Waals surface area contributed by atoms with Gasteiger partial charge in [-0.1, -0.05) is 6.92 Å². The molecule has 0 aromatic heterocycles. The smallest absolute Gasteiger partial charge is 0.222 e. The van der Waals surface area contributed by atoms with Crippen molar-refractivity contribution in [3.05, 3.63) is 5.21 Å². The summed E-state index contributed by atoms with van der Waals surface area (Å²) < 4.78 is 17.4. The third kappa shape index (κ3) is 26.1. The normalized spacial score (nSPS) is 12.2. The summed E-state index contributed by atoms with van der Waals surface area (Å²) in [6.07, 6.45) is 3.48. The summed E-state index contributed by atoms with van der Waals surface area (Å²) in [4.78, 5) is 58.7. The first-order chi connectivity index (χ1) is 21.7. The molecule has 0 aromatic carbocycles. The van der Waals surface area contributed by atoms with E-state index in [0.29, 0.717) is 58.4 Å². The maximum atomic E-state index is 12.2. The zero-order chi connectivity index (χ0) is 33.6. The Bertz CT molecular complexity index is 836. The van der Waals surface area contributed by atoms with E-state index in [0.717, 1.165) is 6.42 Å². The molecule has 5 amide bonds. The monoisotopic (exact) mass is 646 g/mol. The highest BCUT2D eigenvalue weighted by Crippen LogP contribution is 2.09. The van der Waals surface area contributed by atoms with Crippen molar-refractivity contribution in [2.24, 2.45) is 0 Å². The molecule has 0 aliphatic rings. The molecule has 45 heavy (non-hydrogen) atoms. The van der Waals surface area contributed by atoms with E-state index in [1.54, 1.807) is 12.5 Å². The van der Waals surface area contributed by atoms with Crippen molar-refractivity contribution >= 4 is 29.5 Å². The van der Waals surface area contributed by atoms with E-state index in [-0.39, 0.29) is 95.0 Å². The summed E-state index contributed by atoms with van der Waals surface area (Å²) in [5, 5.41) is 27.2. The minimum absolute atomic E-state index is 0.00457. The Hall–Kier alpha value is -2.89. The molecule has 16 heteroatoms. The molecule has 0 aromatic rings. The first-order valence-electron chi connectivity index (χ1n) is 15.8. The Morgan fingerprint density at radius 3 is 1.27 bits per heavy atom. The molecule has 0 spiro atoms. The fourth-order valence-corrected chi connectivity index (χ4v) is 3.73. The van der Waals surface area contributed by atoms with Gasteiger partial charge in [0, 0.05) is 65.3 Å². The average molecular weight is 647 g/mol. The molecule has 0 aliphatic heterocycles. The number of hydrogen-bond donors (Lipinski definition) is 7. The van der Waals surface area contributed by atoms with Gasteiger partial charge in [0.05, 0.1) is 45.2 Å². The minimum atomic E-state index is -0.807. The summed E-state index contributed by atoms with van der Waals surface area (Å²) in [5.74, 6) is -0.650. The number of likely N-dealkylation sites (N-methyl/N-ethyl adjacent to an activating group) is 1. The van der Waals surface area contributed by atoms with Crippen molar-refractivity contribution < 1.29 is 38.2 Å². The number of hydroxylamine groups is 1. The number of rotatable bonds is 30. The summed E-state index contributed by atoms with van der Waals surface area (Å²) in [7, 11) is 1.72. The Kier molecular flexibility index (Phi) is 26.7. The SMILES string of the molecule is CCCC(=O)NCCCNC(=O)CCOCC(COCCC(=O)NCCCN[O-])(COCCC(=O)NCCCNC(C)=O)NC. The second kappa shape index (κ2) is 28.6. The second-order valence-corrected chi connectivity index (χ2v) is 10.5.